The van der Waals surface area contributed by atoms with E-state index in [1.807, 2.05) is 6.92 Å². The zero-order valence-corrected chi connectivity index (χ0v) is 11.5. The highest BCUT2D eigenvalue weighted by Crippen LogP contribution is 2.59. The number of hydrogen-bond acceptors (Lipinski definition) is 4. The Bertz CT molecular complexity index is 432. The number of aliphatic hydroxyl groups is 2. The first kappa shape index (κ1) is 13.3. The summed E-state index contributed by atoms with van der Waals surface area (Å²) < 4.78 is 0. The first-order chi connectivity index (χ1) is 8.87. The van der Waals surface area contributed by atoms with Crippen molar-refractivity contribution in [1.29, 1.82) is 0 Å². The normalized spacial score (nSPS) is 53.9. The second-order valence-corrected chi connectivity index (χ2v) is 6.97. The monoisotopic (exact) mass is 266 g/mol. The maximum atomic E-state index is 12.0. The summed E-state index contributed by atoms with van der Waals surface area (Å²) in [6.07, 6.45) is 1.08. The molecule has 3 aliphatic carbocycles. The molecule has 0 amide bonds. The lowest BCUT2D eigenvalue weighted by atomic mass is 9.63. The van der Waals surface area contributed by atoms with Crippen LogP contribution in [-0.4, -0.2) is 34.0 Å². The molecule has 3 fully saturated rings. The van der Waals surface area contributed by atoms with Gasteiger partial charge in [0.1, 0.15) is 0 Å². The molecule has 2 N–H and O–H groups in total. The zero-order chi connectivity index (χ0) is 13.9. The lowest BCUT2D eigenvalue weighted by Gasteiger charge is -2.42. The number of ketones is 2. The topological polar surface area (TPSA) is 74.6 Å². The molecule has 19 heavy (non-hydrogen) atoms. The van der Waals surface area contributed by atoms with Crippen LogP contribution in [-0.2, 0) is 9.59 Å². The average Bonchev–Trinajstić information content (AvgIpc) is 2.70. The van der Waals surface area contributed by atoms with Crippen LogP contribution in [0.3, 0.4) is 0 Å². The summed E-state index contributed by atoms with van der Waals surface area (Å²) in [6.45, 7) is 4.07. The largest absolute Gasteiger partial charge is 0.393 e. The van der Waals surface area contributed by atoms with Crippen molar-refractivity contribution < 1.29 is 19.8 Å². The predicted molar refractivity (Wildman–Crippen MR) is 68.2 cm³/mol. The van der Waals surface area contributed by atoms with E-state index < -0.39 is 17.6 Å². The van der Waals surface area contributed by atoms with Gasteiger partial charge in [0.25, 0.3) is 0 Å². The summed E-state index contributed by atoms with van der Waals surface area (Å²) in [5, 5.41) is 20.7. The molecule has 3 rings (SSSR count). The fourth-order valence-electron chi connectivity index (χ4n) is 5.19. The molecule has 4 nitrogen and oxygen atoms in total. The summed E-state index contributed by atoms with van der Waals surface area (Å²) >= 11 is 0. The van der Waals surface area contributed by atoms with E-state index >= 15 is 0 Å². The fourth-order valence-corrected chi connectivity index (χ4v) is 5.19. The molecule has 0 spiro atoms. The van der Waals surface area contributed by atoms with Gasteiger partial charge in [-0.25, -0.2) is 0 Å². The molecule has 0 aromatic rings. The minimum absolute atomic E-state index is 0.00352. The molecule has 4 heteroatoms. The third-order valence-corrected chi connectivity index (χ3v) is 6.16. The van der Waals surface area contributed by atoms with Gasteiger partial charge in [-0.3, -0.25) is 9.59 Å². The summed E-state index contributed by atoms with van der Waals surface area (Å²) in [4.78, 5) is 23.8. The Morgan fingerprint density at radius 3 is 2.58 bits per heavy atom. The van der Waals surface area contributed by atoms with Crippen LogP contribution in [0.4, 0.5) is 0 Å². The van der Waals surface area contributed by atoms with Gasteiger partial charge in [-0.1, -0.05) is 13.8 Å². The molecule has 7 atom stereocenters. The van der Waals surface area contributed by atoms with Crippen molar-refractivity contribution in [3.63, 3.8) is 0 Å². The van der Waals surface area contributed by atoms with Crippen LogP contribution in [0, 0.1) is 29.1 Å². The van der Waals surface area contributed by atoms with Crippen LogP contribution in [0.25, 0.3) is 0 Å². The minimum atomic E-state index is -0.612. The van der Waals surface area contributed by atoms with Crippen molar-refractivity contribution >= 4 is 11.6 Å². The lowest BCUT2D eigenvalue weighted by molar-refractivity contribution is -0.135. The van der Waals surface area contributed by atoms with Gasteiger partial charge in [-0.15, -0.1) is 0 Å². The Hall–Kier alpha value is -0.740. The number of hydrogen-bond donors (Lipinski definition) is 2. The molecular weight excluding hydrogens is 244 g/mol. The van der Waals surface area contributed by atoms with Crippen LogP contribution < -0.4 is 0 Å². The van der Waals surface area contributed by atoms with Crippen LogP contribution in [0.15, 0.2) is 0 Å². The van der Waals surface area contributed by atoms with Crippen molar-refractivity contribution in [2.45, 2.75) is 51.7 Å². The summed E-state index contributed by atoms with van der Waals surface area (Å²) in [5.41, 5.74) is -0.498. The first-order valence-corrected chi connectivity index (χ1v) is 7.30. The highest BCUT2D eigenvalue weighted by Gasteiger charge is 2.62. The first-order valence-electron chi connectivity index (χ1n) is 7.30. The predicted octanol–water partition coefficient (Wildman–Crippen LogP) is 0.939. The lowest BCUT2D eigenvalue weighted by Crippen LogP contribution is -2.43. The third-order valence-electron chi connectivity index (χ3n) is 6.16. The number of fused-ring (bicyclic) bond motifs is 3. The summed E-state index contributed by atoms with van der Waals surface area (Å²) in [7, 11) is 0. The molecule has 0 bridgehead atoms. The molecule has 0 saturated heterocycles. The van der Waals surface area contributed by atoms with Crippen LogP contribution in [0.5, 0.6) is 0 Å². The molecule has 106 valence electrons. The Morgan fingerprint density at radius 1 is 1.21 bits per heavy atom. The van der Waals surface area contributed by atoms with Gasteiger partial charge in [-0.05, 0) is 30.6 Å². The Kier molecular flexibility index (Phi) is 2.88. The second-order valence-electron chi connectivity index (χ2n) is 6.97. The van der Waals surface area contributed by atoms with Gasteiger partial charge in [0.05, 0.1) is 12.2 Å². The molecule has 0 unspecified atom stereocenters. The molecule has 3 saturated carbocycles. The van der Waals surface area contributed by atoms with Gasteiger partial charge in [0.2, 0.25) is 5.78 Å². The molecular formula is C15H22O4. The van der Waals surface area contributed by atoms with E-state index in [0.717, 1.165) is 12.8 Å². The van der Waals surface area contributed by atoms with Crippen molar-refractivity contribution in [2.75, 3.05) is 0 Å². The van der Waals surface area contributed by atoms with E-state index in [2.05, 4.69) is 6.92 Å². The molecule has 0 aliphatic heterocycles. The van der Waals surface area contributed by atoms with Crippen LogP contribution in [0.1, 0.15) is 39.5 Å². The molecule has 0 aromatic heterocycles. The van der Waals surface area contributed by atoms with Gasteiger partial charge in [-0.2, -0.15) is 0 Å². The Morgan fingerprint density at radius 2 is 1.89 bits per heavy atom. The standard InChI is InChI=1S/C15H22O4/c1-7-3-4-8-9(5-11(17)14(8)19)15(2)12(18)6-10(16)13(7)15/h7-10,12-13,16,18H,3-6H2,1-2H3/t7-,8+,9+,10-,12+,13+,15+/m0/s1. The van der Waals surface area contributed by atoms with Crippen molar-refractivity contribution in [2.24, 2.45) is 29.1 Å². The number of carbonyl (C=O) groups is 2. The van der Waals surface area contributed by atoms with E-state index in [1.54, 1.807) is 0 Å². The minimum Gasteiger partial charge on any atom is -0.393 e. The maximum Gasteiger partial charge on any atom is 0.201 e. The number of aliphatic hydroxyl groups excluding tert-OH is 2. The quantitative estimate of drug-likeness (QED) is 0.640. The van der Waals surface area contributed by atoms with E-state index in [-0.39, 0.29) is 41.7 Å². The summed E-state index contributed by atoms with van der Waals surface area (Å²) in [5.74, 6) is -0.563. The van der Waals surface area contributed by atoms with Crippen molar-refractivity contribution in [3.05, 3.63) is 0 Å². The second kappa shape index (κ2) is 4.13. The number of rotatable bonds is 0. The van der Waals surface area contributed by atoms with Crippen LogP contribution in [0.2, 0.25) is 0 Å². The molecule has 0 radical (unpaired) electrons. The zero-order valence-electron chi connectivity index (χ0n) is 11.5. The van der Waals surface area contributed by atoms with Gasteiger partial charge in [0.15, 0.2) is 5.78 Å². The molecule has 3 aliphatic rings. The van der Waals surface area contributed by atoms with E-state index in [0.29, 0.717) is 6.42 Å². The van der Waals surface area contributed by atoms with E-state index in [1.165, 1.54) is 0 Å². The van der Waals surface area contributed by atoms with Crippen molar-refractivity contribution in [3.8, 4) is 0 Å². The van der Waals surface area contributed by atoms with Crippen LogP contribution >= 0.6 is 0 Å². The smallest absolute Gasteiger partial charge is 0.201 e. The van der Waals surface area contributed by atoms with Gasteiger partial charge in [0, 0.05) is 24.2 Å². The Balaban J connectivity index is 2.07. The van der Waals surface area contributed by atoms with E-state index in [9.17, 15) is 19.8 Å². The number of Topliss-reactive ketones (excluding diaryl/α,β-unsaturated/α-hetero) is 2. The maximum absolute atomic E-state index is 12.0. The van der Waals surface area contributed by atoms with Crippen molar-refractivity contribution in [1.82, 2.24) is 0 Å². The molecule has 0 aromatic carbocycles. The number of carbonyl (C=O) groups excluding carboxylic acids is 2. The molecule has 0 heterocycles. The Labute approximate surface area is 113 Å². The van der Waals surface area contributed by atoms with E-state index in [4.69, 9.17) is 0 Å². The average molecular weight is 266 g/mol. The SMILES string of the molecule is C[C@H]1CC[C@H]2C(=O)C(=O)C[C@H]2[C@@]2(C)[C@H]1[C@@H](O)C[C@H]2O. The summed E-state index contributed by atoms with van der Waals surface area (Å²) in [6, 6.07) is 0. The van der Waals surface area contributed by atoms with Gasteiger partial charge < -0.3 is 10.2 Å². The van der Waals surface area contributed by atoms with Gasteiger partial charge >= 0.3 is 0 Å². The highest BCUT2D eigenvalue weighted by atomic mass is 16.3. The fraction of sp³-hybridized carbons (Fsp3) is 0.867. The third kappa shape index (κ3) is 1.59. The highest BCUT2D eigenvalue weighted by molar-refractivity contribution is 6.40.